The van der Waals surface area contributed by atoms with Gasteiger partial charge in [0.2, 0.25) is 5.88 Å². The lowest BCUT2D eigenvalue weighted by Crippen LogP contribution is -2.13. The van der Waals surface area contributed by atoms with Crippen molar-refractivity contribution in [3.8, 4) is 11.9 Å². The number of hydrogen-bond acceptors (Lipinski definition) is 5. The fraction of sp³-hybridized carbons (Fsp3) is 0.118. The van der Waals surface area contributed by atoms with Crippen molar-refractivity contribution in [1.29, 1.82) is 0 Å². The van der Waals surface area contributed by atoms with Crippen LogP contribution in [-0.2, 0) is 0 Å². The third kappa shape index (κ3) is 3.06. The maximum absolute atomic E-state index is 12.4. The summed E-state index contributed by atoms with van der Waals surface area (Å²) in [6, 6.07) is 13.5. The molecule has 0 saturated carbocycles. The summed E-state index contributed by atoms with van der Waals surface area (Å²) in [4.78, 5) is 20.4. The fourth-order valence-electron chi connectivity index (χ4n) is 2.22. The van der Waals surface area contributed by atoms with Crippen LogP contribution < -0.4 is 14.8 Å². The number of rotatable bonds is 4. The summed E-state index contributed by atoms with van der Waals surface area (Å²) in [6.45, 7) is 0. The first-order valence-electron chi connectivity index (χ1n) is 6.96. The number of hydrogen-bond donors (Lipinski definition) is 1. The smallest absolute Gasteiger partial charge is 0.319 e. The zero-order valence-electron chi connectivity index (χ0n) is 12.7. The van der Waals surface area contributed by atoms with Crippen LogP contribution in [0.5, 0.6) is 11.9 Å². The van der Waals surface area contributed by atoms with Crippen molar-refractivity contribution in [2.75, 3.05) is 19.5 Å². The second-order valence-electron chi connectivity index (χ2n) is 4.80. The number of nitrogens with one attached hydrogen (secondary N) is 1. The highest BCUT2D eigenvalue weighted by Gasteiger charge is 2.13. The zero-order valence-corrected chi connectivity index (χ0v) is 12.7. The SMILES string of the molecule is COc1ncc(NC(=O)c2ccc3ccccc3c2)c(OC)n1. The Morgan fingerprint density at radius 3 is 2.57 bits per heavy atom. The molecular weight excluding hydrogens is 294 g/mol. The number of fused-ring (bicyclic) bond motifs is 1. The molecule has 0 aliphatic heterocycles. The molecule has 0 saturated heterocycles. The molecule has 0 bridgehead atoms. The third-order valence-electron chi connectivity index (χ3n) is 3.37. The van der Waals surface area contributed by atoms with Gasteiger partial charge in [-0.15, -0.1) is 0 Å². The first kappa shape index (κ1) is 14.8. The Morgan fingerprint density at radius 2 is 1.83 bits per heavy atom. The average Bonchev–Trinajstić information content (AvgIpc) is 2.61. The molecule has 2 aromatic carbocycles. The molecule has 23 heavy (non-hydrogen) atoms. The standard InChI is InChI=1S/C17H15N3O3/c1-22-16-14(10-18-17(20-16)23-2)19-15(21)13-8-7-11-5-3-4-6-12(11)9-13/h3-10H,1-2H3,(H,19,21). The topological polar surface area (TPSA) is 73.3 Å². The Hall–Kier alpha value is -3.15. The van der Waals surface area contributed by atoms with Gasteiger partial charge in [-0.1, -0.05) is 30.3 Å². The molecule has 3 aromatic rings. The molecule has 1 heterocycles. The molecule has 0 unspecified atom stereocenters. The Bertz CT molecular complexity index is 865. The molecule has 1 N–H and O–H groups in total. The van der Waals surface area contributed by atoms with Gasteiger partial charge in [-0.2, -0.15) is 4.98 Å². The van der Waals surface area contributed by atoms with E-state index >= 15 is 0 Å². The Labute approximate surface area is 133 Å². The number of anilines is 1. The van der Waals surface area contributed by atoms with Crippen LogP contribution in [0.4, 0.5) is 5.69 Å². The van der Waals surface area contributed by atoms with Crippen LogP contribution >= 0.6 is 0 Å². The van der Waals surface area contributed by atoms with E-state index in [2.05, 4.69) is 15.3 Å². The molecule has 6 heteroatoms. The van der Waals surface area contributed by atoms with E-state index in [1.165, 1.54) is 20.4 Å². The highest BCUT2D eigenvalue weighted by Crippen LogP contribution is 2.23. The Kier molecular flexibility index (Phi) is 4.05. The van der Waals surface area contributed by atoms with Crippen LogP contribution in [0, 0.1) is 0 Å². The third-order valence-corrected chi connectivity index (χ3v) is 3.37. The Morgan fingerprint density at radius 1 is 1.04 bits per heavy atom. The van der Waals surface area contributed by atoms with Gasteiger partial charge in [0.05, 0.1) is 20.4 Å². The van der Waals surface area contributed by atoms with E-state index in [9.17, 15) is 4.79 Å². The lowest BCUT2D eigenvalue weighted by atomic mass is 10.1. The number of aromatic nitrogens is 2. The first-order valence-corrected chi connectivity index (χ1v) is 6.96. The van der Waals surface area contributed by atoms with Crippen LogP contribution in [0.15, 0.2) is 48.7 Å². The van der Waals surface area contributed by atoms with Gasteiger partial charge in [-0.25, -0.2) is 4.98 Å². The van der Waals surface area contributed by atoms with Crippen molar-refractivity contribution in [3.63, 3.8) is 0 Å². The van der Waals surface area contributed by atoms with Crippen LogP contribution in [0.2, 0.25) is 0 Å². The van der Waals surface area contributed by atoms with Crippen molar-refractivity contribution in [2.45, 2.75) is 0 Å². The zero-order chi connectivity index (χ0) is 16.2. The minimum absolute atomic E-state index is 0.172. The van der Waals surface area contributed by atoms with Gasteiger partial charge in [0, 0.05) is 5.56 Å². The maximum atomic E-state index is 12.4. The largest absolute Gasteiger partial charge is 0.479 e. The summed E-state index contributed by atoms with van der Waals surface area (Å²) in [7, 11) is 2.93. The van der Waals surface area contributed by atoms with E-state index in [0.717, 1.165) is 10.8 Å². The summed E-state index contributed by atoms with van der Waals surface area (Å²) in [5, 5.41) is 4.83. The molecule has 1 amide bonds. The minimum Gasteiger partial charge on any atom is -0.479 e. The fourth-order valence-corrected chi connectivity index (χ4v) is 2.22. The van der Waals surface area contributed by atoms with Crippen LogP contribution in [0.25, 0.3) is 10.8 Å². The van der Waals surface area contributed by atoms with Gasteiger partial charge in [-0.05, 0) is 22.9 Å². The summed E-state index contributed by atoms with van der Waals surface area (Å²) in [5.41, 5.74) is 0.924. The van der Waals surface area contributed by atoms with Crippen molar-refractivity contribution < 1.29 is 14.3 Å². The van der Waals surface area contributed by atoms with Gasteiger partial charge in [0.1, 0.15) is 5.69 Å². The molecule has 116 valence electrons. The summed E-state index contributed by atoms with van der Waals surface area (Å²) in [5.74, 6) is -0.0196. The van der Waals surface area contributed by atoms with Crippen LogP contribution in [0.1, 0.15) is 10.4 Å². The molecule has 0 aliphatic carbocycles. The van der Waals surface area contributed by atoms with Gasteiger partial charge in [0.15, 0.2) is 0 Å². The van der Waals surface area contributed by atoms with E-state index in [4.69, 9.17) is 9.47 Å². The molecule has 0 atom stereocenters. The molecule has 6 nitrogen and oxygen atoms in total. The number of carbonyl (C=O) groups is 1. The van der Waals surface area contributed by atoms with E-state index in [0.29, 0.717) is 11.3 Å². The molecule has 3 rings (SSSR count). The Balaban J connectivity index is 1.88. The van der Waals surface area contributed by atoms with E-state index in [-0.39, 0.29) is 17.8 Å². The normalized spacial score (nSPS) is 10.3. The summed E-state index contributed by atoms with van der Waals surface area (Å²) in [6.07, 6.45) is 1.45. The minimum atomic E-state index is -0.261. The second-order valence-corrected chi connectivity index (χ2v) is 4.80. The molecule has 0 fully saturated rings. The monoisotopic (exact) mass is 309 g/mol. The molecule has 0 spiro atoms. The maximum Gasteiger partial charge on any atom is 0.319 e. The number of methoxy groups -OCH3 is 2. The van der Waals surface area contributed by atoms with E-state index in [1.807, 2.05) is 36.4 Å². The van der Waals surface area contributed by atoms with E-state index < -0.39 is 0 Å². The summed E-state index contributed by atoms with van der Waals surface area (Å²) < 4.78 is 10.1. The van der Waals surface area contributed by atoms with Gasteiger partial charge in [0.25, 0.3) is 5.91 Å². The molecule has 0 radical (unpaired) electrons. The van der Waals surface area contributed by atoms with Gasteiger partial charge < -0.3 is 14.8 Å². The molecule has 0 aliphatic rings. The van der Waals surface area contributed by atoms with Crippen molar-refractivity contribution >= 4 is 22.4 Å². The quantitative estimate of drug-likeness (QED) is 0.802. The number of amides is 1. The lowest BCUT2D eigenvalue weighted by Gasteiger charge is -2.10. The second kappa shape index (κ2) is 6.31. The highest BCUT2D eigenvalue weighted by molar-refractivity contribution is 6.06. The first-order chi connectivity index (χ1) is 11.2. The molecular formula is C17H15N3O3. The van der Waals surface area contributed by atoms with E-state index in [1.54, 1.807) is 6.07 Å². The van der Waals surface area contributed by atoms with Crippen molar-refractivity contribution in [1.82, 2.24) is 9.97 Å². The highest BCUT2D eigenvalue weighted by atomic mass is 16.5. The lowest BCUT2D eigenvalue weighted by molar-refractivity contribution is 0.102. The van der Waals surface area contributed by atoms with Crippen molar-refractivity contribution in [2.24, 2.45) is 0 Å². The number of ether oxygens (including phenoxy) is 2. The predicted molar refractivity (Wildman–Crippen MR) is 87.0 cm³/mol. The van der Waals surface area contributed by atoms with Gasteiger partial charge in [-0.3, -0.25) is 4.79 Å². The van der Waals surface area contributed by atoms with Crippen molar-refractivity contribution in [3.05, 3.63) is 54.2 Å². The summed E-state index contributed by atoms with van der Waals surface area (Å²) >= 11 is 0. The average molecular weight is 309 g/mol. The van der Waals surface area contributed by atoms with Gasteiger partial charge >= 0.3 is 6.01 Å². The van der Waals surface area contributed by atoms with Crippen LogP contribution in [-0.4, -0.2) is 30.1 Å². The van der Waals surface area contributed by atoms with Crippen LogP contribution in [0.3, 0.4) is 0 Å². The number of carbonyl (C=O) groups excluding carboxylic acids is 1. The number of nitrogens with zero attached hydrogens (tertiary/aromatic N) is 2. The number of benzene rings is 2. The predicted octanol–water partition coefficient (Wildman–Crippen LogP) is 2.90. The molecule has 1 aromatic heterocycles.